The number of hydrogen-bond donors (Lipinski definition) is 1. The Morgan fingerprint density at radius 3 is 2.81 bits per heavy atom. The number of nitriles is 1. The van der Waals surface area contributed by atoms with Crippen LogP contribution in [-0.4, -0.2) is 9.78 Å². The second kappa shape index (κ2) is 3.82. The second-order valence-electron chi connectivity index (χ2n) is 3.05. The number of benzene rings is 1. The molecule has 0 radical (unpaired) electrons. The number of hydrogen-bond acceptors (Lipinski definition) is 5. The first-order chi connectivity index (χ1) is 7.77. The van der Waals surface area contributed by atoms with Gasteiger partial charge in [-0.2, -0.15) is 10.4 Å². The van der Waals surface area contributed by atoms with Crippen LogP contribution in [0, 0.1) is 16.2 Å². The largest absolute Gasteiger partial charge is 0.382 e. The molecule has 0 atom stereocenters. The van der Waals surface area contributed by atoms with E-state index in [2.05, 4.69) is 10.3 Å². The van der Waals surface area contributed by atoms with Crippen molar-refractivity contribution in [2.45, 2.75) is 0 Å². The molecule has 78 valence electrons. The molecule has 0 bridgehead atoms. The van der Waals surface area contributed by atoms with Crippen molar-refractivity contribution in [3.63, 3.8) is 0 Å². The Kier molecular flexibility index (Phi) is 2.36. The van der Waals surface area contributed by atoms with Gasteiger partial charge in [0.15, 0.2) is 0 Å². The Bertz CT molecular complexity index is 581. The summed E-state index contributed by atoms with van der Waals surface area (Å²) in [7, 11) is 0. The van der Waals surface area contributed by atoms with Crippen molar-refractivity contribution < 1.29 is 0 Å². The summed E-state index contributed by atoms with van der Waals surface area (Å²) in [6, 6.07) is 8.53. The summed E-state index contributed by atoms with van der Waals surface area (Å²) >= 11 is 0. The van der Waals surface area contributed by atoms with Crippen molar-refractivity contribution in [2.75, 3.05) is 5.73 Å². The zero-order chi connectivity index (χ0) is 11.5. The Balaban J connectivity index is 2.64. The van der Waals surface area contributed by atoms with Crippen molar-refractivity contribution in [1.29, 1.82) is 5.26 Å². The number of aromatic nitrogens is 2. The molecule has 2 N–H and O–H groups in total. The Labute approximate surface area is 90.9 Å². The van der Waals surface area contributed by atoms with Gasteiger partial charge in [-0.1, -0.05) is 12.1 Å². The smallest absolute Gasteiger partial charge is 0.145 e. The van der Waals surface area contributed by atoms with E-state index in [1.54, 1.807) is 24.3 Å². The van der Waals surface area contributed by atoms with E-state index in [9.17, 15) is 4.91 Å². The van der Waals surface area contributed by atoms with Gasteiger partial charge in [0.05, 0.1) is 11.9 Å². The summed E-state index contributed by atoms with van der Waals surface area (Å²) < 4.78 is 1.31. The molecule has 6 nitrogen and oxygen atoms in total. The molecule has 1 aromatic heterocycles. The highest BCUT2D eigenvalue weighted by Gasteiger charge is 2.11. The molecule has 0 amide bonds. The first kappa shape index (κ1) is 9.86. The molecular formula is C10H7N5O. The van der Waals surface area contributed by atoms with Gasteiger partial charge in [-0.25, -0.2) is 4.68 Å². The van der Waals surface area contributed by atoms with Crippen LogP contribution in [0.4, 0.5) is 11.5 Å². The third-order valence-electron chi connectivity index (χ3n) is 2.14. The number of rotatable bonds is 2. The van der Waals surface area contributed by atoms with Gasteiger partial charge in [0, 0.05) is 0 Å². The molecule has 16 heavy (non-hydrogen) atoms. The molecule has 0 aliphatic carbocycles. The molecule has 6 heteroatoms. The molecule has 1 heterocycles. The molecule has 0 aliphatic rings. The Morgan fingerprint density at radius 2 is 2.19 bits per heavy atom. The zero-order valence-electron chi connectivity index (χ0n) is 8.16. The highest BCUT2D eigenvalue weighted by molar-refractivity contribution is 5.61. The summed E-state index contributed by atoms with van der Waals surface area (Å²) in [4.78, 5) is 10.6. The predicted octanol–water partition coefficient (Wildman–Crippen LogP) is 1.72. The SMILES string of the molecule is N#Cc1cnn(-c2ccccc2N=O)c1N. The number of nitrogens with zero attached hydrogens (tertiary/aromatic N) is 4. The summed E-state index contributed by atoms with van der Waals surface area (Å²) in [6.07, 6.45) is 1.34. The fourth-order valence-electron chi connectivity index (χ4n) is 1.36. The Hall–Kier alpha value is -2.68. The number of nitrogens with two attached hydrogens (primary N) is 1. The van der Waals surface area contributed by atoms with Crippen molar-refractivity contribution in [3.8, 4) is 11.8 Å². The van der Waals surface area contributed by atoms with Crippen LogP contribution in [0.5, 0.6) is 0 Å². The molecule has 2 aromatic rings. The summed E-state index contributed by atoms with van der Waals surface area (Å²) in [5.41, 5.74) is 6.65. The molecular weight excluding hydrogens is 206 g/mol. The van der Waals surface area contributed by atoms with Gasteiger partial charge in [0.2, 0.25) is 0 Å². The molecule has 0 aliphatic heterocycles. The zero-order valence-corrected chi connectivity index (χ0v) is 8.16. The van der Waals surface area contributed by atoms with Gasteiger partial charge in [0.1, 0.15) is 23.1 Å². The van der Waals surface area contributed by atoms with Gasteiger partial charge in [-0.3, -0.25) is 0 Å². The lowest BCUT2D eigenvalue weighted by atomic mass is 10.2. The quantitative estimate of drug-likeness (QED) is 0.768. The molecule has 0 fully saturated rings. The van der Waals surface area contributed by atoms with E-state index in [1.807, 2.05) is 6.07 Å². The van der Waals surface area contributed by atoms with Gasteiger partial charge in [0.25, 0.3) is 0 Å². The monoisotopic (exact) mass is 213 g/mol. The number of nitroso groups, excluding NO2 is 1. The lowest BCUT2D eigenvalue weighted by Crippen LogP contribution is -2.02. The predicted molar refractivity (Wildman–Crippen MR) is 58.1 cm³/mol. The van der Waals surface area contributed by atoms with Crippen LogP contribution in [0.25, 0.3) is 5.69 Å². The van der Waals surface area contributed by atoms with E-state index in [0.717, 1.165) is 0 Å². The first-order valence-electron chi connectivity index (χ1n) is 4.44. The second-order valence-corrected chi connectivity index (χ2v) is 3.05. The van der Waals surface area contributed by atoms with Gasteiger partial charge >= 0.3 is 0 Å². The molecule has 0 spiro atoms. The standard InChI is InChI=1S/C10H7N5O/c11-5-7-6-13-15(10(7)12)9-4-2-1-3-8(9)14-16/h1-4,6H,12H2. The molecule has 0 saturated heterocycles. The van der Waals surface area contributed by atoms with E-state index in [0.29, 0.717) is 5.69 Å². The average molecular weight is 213 g/mol. The third-order valence-corrected chi connectivity index (χ3v) is 2.14. The molecule has 1 aromatic carbocycles. The topological polar surface area (TPSA) is 97.1 Å². The minimum Gasteiger partial charge on any atom is -0.382 e. The van der Waals surface area contributed by atoms with E-state index < -0.39 is 0 Å². The van der Waals surface area contributed by atoms with Crippen LogP contribution >= 0.6 is 0 Å². The molecule has 0 unspecified atom stereocenters. The van der Waals surface area contributed by atoms with E-state index >= 15 is 0 Å². The minimum absolute atomic E-state index is 0.193. The summed E-state index contributed by atoms with van der Waals surface area (Å²) in [5, 5.41) is 15.5. The average Bonchev–Trinajstić information content (AvgIpc) is 2.70. The van der Waals surface area contributed by atoms with E-state index in [4.69, 9.17) is 11.0 Å². The Morgan fingerprint density at radius 1 is 1.44 bits per heavy atom. The lowest BCUT2D eigenvalue weighted by molar-refractivity contribution is 0.891. The van der Waals surface area contributed by atoms with Gasteiger partial charge in [-0.05, 0) is 17.3 Å². The minimum atomic E-state index is 0.193. The molecule has 2 rings (SSSR count). The summed E-state index contributed by atoms with van der Waals surface area (Å²) in [5.74, 6) is 0.193. The van der Waals surface area contributed by atoms with Crippen molar-refractivity contribution in [1.82, 2.24) is 9.78 Å². The van der Waals surface area contributed by atoms with E-state index in [-0.39, 0.29) is 17.1 Å². The van der Waals surface area contributed by atoms with Crippen molar-refractivity contribution in [2.24, 2.45) is 5.18 Å². The number of para-hydroxylation sites is 1. The van der Waals surface area contributed by atoms with Crippen LogP contribution in [0.3, 0.4) is 0 Å². The van der Waals surface area contributed by atoms with Crippen LogP contribution in [0.2, 0.25) is 0 Å². The number of anilines is 1. The number of nitrogen functional groups attached to an aromatic ring is 1. The maximum atomic E-state index is 10.6. The third kappa shape index (κ3) is 1.40. The van der Waals surface area contributed by atoms with Crippen LogP contribution in [0.15, 0.2) is 35.6 Å². The maximum Gasteiger partial charge on any atom is 0.145 e. The fourth-order valence-corrected chi connectivity index (χ4v) is 1.36. The van der Waals surface area contributed by atoms with Gasteiger partial charge in [-0.15, -0.1) is 4.91 Å². The lowest BCUT2D eigenvalue weighted by Gasteiger charge is -2.04. The maximum absolute atomic E-state index is 10.6. The van der Waals surface area contributed by atoms with Crippen LogP contribution < -0.4 is 5.73 Å². The van der Waals surface area contributed by atoms with Crippen LogP contribution in [0.1, 0.15) is 5.56 Å². The fraction of sp³-hybridized carbons (Fsp3) is 0. The highest BCUT2D eigenvalue weighted by Crippen LogP contribution is 2.25. The van der Waals surface area contributed by atoms with E-state index in [1.165, 1.54) is 10.9 Å². The summed E-state index contributed by atoms with van der Waals surface area (Å²) in [6.45, 7) is 0. The first-order valence-corrected chi connectivity index (χ1v) is 4.44. The van der Waals surface area contributed by atoms with Crippen molar-refractivity contribution in [3.05, 3.63) is 40.9 Å². The van der Waals surface area contributed by atoms with Crippen LogP contribution in [-0.2, 0) is 0 Å². The van der Waals surface area contributed by atoms with Gasteiger partial charge < -0.3 is 5.73 Å². The normalized spacial score (nSPS) is 9.69. The molecule has 0 saturated carbocycles. The van der Waals surface area contributed by atoms with Crippen molar-refractivity contribution >= 4 is 11.5 Å². The highest BCUT2D eigenvalue weighted by atomic mass is 16.3.